The lowest BCUT2D eigenvalue weighted by molar-refractivity contribution is -0.133. The van der Waals surface area contributed by atoms with Crippen molar-refractivity contribution in [2.24, 2.45) is 5.73 Å². The molecule has 1 aromatic carbocycles. The van der Waals surface area contributed by atoms with Crippen molar-refractivity contribution in [1.82, 2.24) is 20.1 Å². The summed E-state index contributed by atoms with van der Waals surface area (Å²) < 4.78 is 0. The van der Waals surface area contributed by atoms with E-state index in [2.05, 4.69) is 15.2 Å². The van der Waals surface area contributed by atoms with E-state index in [-0.39, 0.29) is 19.3 Å². The molecule has 0 spiro atoms. The van der Waals surface area contributed by atoms with Gasteiger partial charge in [-0.1, -0.05) is 31.2 Å². The number of pyridine rings is 1. The van der Waals surface area contributed by atoms with Crippen LogP contribution in [0.1, 0.15) is 36.6 Å². The van der Waals surface area contributed by atoms with Crippen LogP contribution in [0, 0.1) is 0 Å². The molecule has 6 nitrogen and oxygen atoms in total. The van der Waals surface area contributed by atoms with Gasteiger partial charge in [0.1, 0.15) is 0 Å². The van der Waals surface area contributed by atoms with Crippen LogP contribution in [-0.4, -0.2) is 32.5 Å². The van der Waals surface area contributed by atoms with Crippen LogP contribution in [0.3, 0.4) is 0 Å². The van der Waals surface area contributed by atoms with Gasteiger partial charge in [0.05, 0.1) is 30.4 Å². The molecule has 4 rings (SSSR count). The number of hydrogen-bond acceptors (Lipinski definition) is 4. The number of H-pyrrole nitrogens is 1. The zero-order valence-electron chi connectivity index (χ0n) is 14.7. The molecule has 0 saturated heterocycles. The van der Waals surface area contributed by atoms with E-state index < -0.39 is 0 Å². The topological polar surface area (TPSA) is 87.9 Å². The molecule has 1 aliphatic heterocycles. The first-order chi connectivity index (χ1) is 13.2. The predicted octanol–water partition coefficient (Wildman–Crippen LogP) is 3.74. The SMILES string of the molecule is C.NCCC(C(=O)N1Cc2[nH]nc(-c3cccnc3)c2C1)c1cccc(Cl)c1. The van der Waals surface area contributed by atoms with Crippen LogP contribution < -0.4 is 5.73 Å². The van der Waals surface area contributed by atoms with E-state index in [4.69, 9.17) is 17.3 Å². The molecule has 3 N–H and O–H groups in total. The Kier molecular flexibility index (Phi) is 6.11. The van der Waals surface area contributed by atoms with Crippen molar-refractivity contribution in [3.05, 3.63) is 70.6 Å². The van der Waals surface area contributed by atoms with Crippen molar-refractivity contribution in [1.29, 1.82) is 0 Å². The molecule has 1 atom stereocenters. The first kappa shape index (κ1) is 20.0. The Bertz CT molecular complexity index is 956. The van der Waals surface area contributed by atoms with E-state index in [0.717, 1.165) is 28.1 Å². The monoisotopic (exact) mass is 397 g/mol. The highest BCUT2D eigenvalue weighted by Gasteiger charge is 2.32. The fourth-order valence-electron chi connectivity index (χ4n) is 3.58. The number of benzene rings is 1. The second-order valence-corrected chi connectivity index (χ2v) is 7.09. The Hall–Kier alpha value is -2.70. The summed E-state index contributed by atoms with van der Waals surface area (Å²) in [6, 6.07) is 11.3. The highest BCUT2D eigenvalue weighted by molar-refractivity contribution is 6.30. The fraction of sp³-hybridized carbons (Fsp3) is 0.286. The molecule has 7 heteroatoms. The summed E-state index contributed by atoms with van der Waals surface area (Å²) in [6.45, 7) is 1.48. The summed E-state index contributed by atoms with van der Waals surface area (Å²) in [5.41, 5.74) is 10.5. The maximum absolute atomic E-state index is 13.2. The number of fused-ring (bicyclic) bond motifs is 1. The maximum atomic E-state index is 13.2. The maximum Gasteiger partial charge on any atom is 0.230 e. The van der Waals surface area contributed by atoms with Gasteiger partial charge in [0.15, 0.2) is 0 Å². The van der Waals surface area contributed by atoms with Crippen LogP contribution in [0.25, 0.3) is 11.3 Å². The molecule has 0 aliphatic carbocycles. The summed E-state index contributed by atoms with van der Waals surface area (Å²) in [7, 11) is 0. The first-order valence-corrected chi connectivity index (χ1v) is 9.26. The van der Waals surface area contributed by atoms with Gasteiger partial charge in [-0.15, -0.1) is 0 Å². The first-order valence-electron chi connectivity index (χ1n) is 8.88. The number of nitrogens with two attached hydrogens (primary N) is 1. The summed E-state index contributed by atoms with van der Waals surface area (Å²) in [5, 5.41) is 8.11. The molecule has 0 saturated carbocycles. The van der Waals surface area contributed by atoms with Gasteiger partial charge in [0.2, 0.25) is 5.91 Å². The fourth-order valence-corrected chi connectivity index (χ4v) is 3.78. The van der Waals surface area contributed by atoms with Crippen molar-refractivity contribution >= 4 is 17.5 Å². The number of rotatable bonds is 5. The summed E-state index contributed by atoms with van der Waals surface area (Å²) in [4.78, 5) is 19.3. The quantitative estimate of drug-likeness (QED) is 0.686. The minimum atomic E-state index is -0.299. The molecule has 146 valence electrons. The number of carbonyl (C=O) groups is 1. The van der Waals surface area contributed by atoms with Crippen molar-refractivity contribution in [3.8, 4) is 11.3 Å². The lowest BCUT2D eigenvalue weighted by atomic mass is 9.94. The molecule has 1 aliphatic rings. The van der Waals surface area contributed by atoms with Gasteiger partial charge in [-0.3, -0.25) is 14.9 Å². The molecule has 28 heavy (non-hydrogen) atoms. The van der Waals surface area contributed by atoms with Gasteiger partial charge >= 0.3 is 0 Å². The standard InChI is InChI=1S/C20H20ClN5O.CH4/c21-15-5-1-3-13(9-15)16(6-7-22)20(27)26-11-17-18(12-26)24-25-19(17)14-4-2-8-23-10-14;/h1-5,8-10,16H,6-7,11-12,22H2,(H,24,25);1H4. The largest absolute Gasteiger partial charge is 0.332 e. The van der Waals surface area contributed by atoms with Crippen molar-refractivity contribution < 1.29 is 4.79 Å². The summed E-state index contributed by atoms with van der Waals surface area (Å²) in [6.07, 6.45) is 4.09. The summed E-state index contributed by atoms with van der Waals surface area (Å²) >= 11 is 6.12. The van der Waals surface area contributed by atoms with E-state index >= 15 is 0 Å². The number of nitrogens with zero attached hydrogens (tertiary/aromatic N) is 3. The second kappa shape index (κ2) is 8.54. The third kappa shape index (κ3) is 3.79. The Labute approximate surface area is 169 Å². The smallest absolute Gasteiger partial charge is 0.230 e. The van der Waals surface area contributed by atoms with Crippen LogP contribution in [0.4, 0.5) is 0 Å². The molecule has 1 amide bonds. The number of nitrogens with one attached hydrogen (secondary N) is 1. The highest BCUT2D eigenvalue weighted by Crippen LogP contribution is 2.33. The van der Waals surface area contributed by atoms with Crippen LogP contribution in [-0.2, 0) is 17.9 Å². The van der Waals surface area contributed by atoms with Crippen LogP contribution >= 0.6 is 11.6 Å². The van der Waals surface area contributed by atoms with E-state index in [1.54, 1.807) is 12.4 Å². The Morgan fingerprint density at radius 1 is 1.29 bits per heavy atom. The molecule has 0 bridgehead atoms. The number of halogens is 1. The Morgan fingerprint density at radius 3 is 2.86 bits per heavy atom. The number of aromatic amines is 1. The number of aromatic nitrogens is 3. The van der Waals surface area contributed by atoms with E-state index in [9.17, 15) is 4.79 Å². The summed E-state index contributed by atoms with van der Waals surface area (Å²) in [5.74, 6) is -0.239. The lowest BCUT2D eigenvalue weighted by Gasteiger charge is -2.23. The number of amides is 1. The number of carbonyl (C=O) groups excluding carboxylic acids is 1. The molecule has 0 fully saturated rings. The average molecular weight is 398 g/mol. The predicted molar refractivity (Wildman–Crippen MR) is 111 cm³/mol. The minimum Gasteiger partial charge on any atom is -0.332 e. The molecule has 0 radical (unpaired) electrons. The Morgan fingerprint density at radius 2 is 2.14 bits per heavy atom. The average Bonchev–Trinajstić information content (AvgIpc) is 3.27. The van der Waals surface area contributed by atoms with Gasteiger partial charge in [-0.05, 0) is 42.8 Å². The zero-order chi connectivity index (χ0) is 18.8. The van der Waals surface area contributed by atoms with Crippen molar-refractivity contribution in [2.45, 2.75) is 32.9 Å². The van der Waals surface area contributed by atoms with Gasteiger partial charge in [0.25, 0.3) is 0 Å². The molecular weight excluding hydrogens is 374 g/mol. The third-order valence-corrected chi connectivity index (χ3v) is 5.14. The molecule has 3 aromatic rings. The molecule has 1 unspecified atom stereocenters. The van der Waals surface area contributed by atoms with Gasteiger partial charge in [0, 0.05) is 28.5 Å². The van der Waals surface area contributed by atoms with Crippen LogP contribution in [0.2, 0.25) is 5.02 Å². The Balaban J connectivity index is 0.00000225. The van der Waals surface area contributed by atoms with Crippen LogP contribution in [0.5, 0.6) is 0 Å². The third-order valence-electron chi connectivity index (χ3n) is 4.90. The van der Waals surface area contributed by atoms with Gasteiger partial charge in [-0.2, -0.15) is 5.10 Å². The molecular formula is C21H24ClN5O. The van der Waals surface area contributed by atoms with Gasteiger partial charge in [-0.25, -0.2) is 0 Å². The number of hydrogen-bond donors (Lipinski definition) is 2. The van der Waals surface area contributed by atoms with Crippen molar-refractivity contribution in [3.63, 3.8) is 0 Å². The van der Waals surface area contributed by atoms with Crippen molar-refractivity contribution in [2.75, 3.05) is 6.54 Å². The minimum absolute atomic E-state index is 0. The van der Waals surface area contributed by atoms with Crippen LogP contribution in [0.15, 0.2) is 48.8 Å². The molecule has 3 heterocycles. The zero-order valence-corrected chi connectivity index (χ0v) is 15.5. The van der Waals surface area contributed by atoms with E-state index in [1.165, 1.54) is 0 Å². The highest BCUT2D eigenvalue weighted by atomic mass is 35.5. The van der Waals surface area contributed by atoms with E-state index in [0.29, 0.717) is 31.1 Å². The van der Waals surface area contributed by atoms with E-state index in [1.807, 2.05) is 41.3 Å². The second-order valence-electron chi connectivity index (χ2n) is 6.65. The lowest BCUT2D eigenvalue weighted by Crippen LogP contribution is -2.32. The van der Waals surface area contributed by atoms with Gasteiger partial charge < -0.3 is 10.6 Å². The normalized spacial score (nSPS) is 13.7. The molecule has 2 aromatic heterocycles.